The first-order valence-electron chi connectivity index (χ1n) is 11.3. The third kappa shape index (κ3) is 6.66. The molecule has 9 heteroatoms. The summed E-state index contributed by atoms with van der Waals surface area (Å²) in [5.74, 6) is 0.703. The highest BCUT2D eigenvalue weighted by Gasteiger charge is 2.17. The van der Waals surface area contributed by atoms with E-state index in [1.165, 1.54) is 18.2 Å². The van der Waals surface area contributed by atoms with Gasteiger partial charge in [0.2, 0.25) is 5.88 Å². The number of hydrogen-bond donors (Lipinski definition) is 2. The van der Waals surface area contributed by atoms with Gasteiger partial charge in [0, 0.05) is 28.6 Å². The number of nitrogens with zero attached hydrogens (tertiary/aromatic N) is 1. The van der Waals surface area contributed by atoms with Gasteiger partial charge in [0.1, 0.15) is 18.0 Å². The van der Waals surface area contributed by atoms with Gasteiger partial charge >= 0.3 is 0 Å². The normalized spacial score (nSPS) is 14.4. The average Bonchev–Trinajstić information content (AvgIpc) is 3.30. The molecular formula is C26H27FN2O5S. The van der Waals surface area contributed by atoms with E-state index in [0.29, 0.717) is 22.9 Å². The smallest absolute Gasteiger partial charge is 0.294 e. The number of benzene rings is 2. The topological polar surface area (TPSA) is 102 Å². The van der Waals surface area contributed by atoms with E-state index in [2.05, 4.69) is 10.3 Å². The fourth-order valence-corrected chi connectivity index (χ4v) is 4.33. The quantitative estimate of drug-likeness (QED) is 0.362. The number of aryl methyl sites for hydroxylation is 1. The van der Waals surface area contributed by atoms with Crippen LogP contribution in [0.25, 0.3) is 11.0 Å². The van der Waals surface area contributed by atoms with Crippen LogP contribution in [0, 0.1) is 12.7 Å². The average molecular weight is 499 g/mol. The second-order valence-corrected chi connectivity index (χ2v) is 9.83. The van der Waals surface area contributed by atoms with Crippen molar-refractivity contribution in [2.45, 2.75) is 37.2 Å². The molecule has 3 heterocycles. The first kappa shape index (κ1) is 24.8. The lowest BCUT2D eigenvalue weighted by Gasteiger charge is -2.22. The van der Waals surface area contributed by atoms with Crippen molar-refractivity contribution in [3.8, 4) is 5.88 Å². The van der Waals surface area contributed by atoms with Crippen LogP contribution < -0.4 is 10.1 Å². The molecule has 1 saturated heterocycles. The van der Waals surface area contributed by atoms with Crippen molar-refractivity contribution in [2.75, 3.05) is 13.1 Å². The second-order valence-electron chi connectivity index (χ2n) is 8.40. The van der Waals surface area contributed by atoms with Gasteiger partial charge in [-0.25, -0.2) is 9.37 Å². The van der Waals surface area contributed by atoms with Gasteiger partial charge in [0.15, 0.2) is 0 Å². The molecule has 2 N–H and O–H groups in total. The fourth-order valence-electron chi connectivity index (χ4n) is 3.85. The molecule has 4 aromatic rings. The maximum absolute atomic E-state index is 14.1. The monoisotopic (exact) mass is 498 g/mol. The molecule has 5 rings (SSSR count). The van der Waals surface area contributed by atoms with E-state index < -0.39 is 10.1 Å². The summed E-state index contributed by atoms with van der Waals surface area (Å²) in [6.45, 7) is 4.01. The predicted molar refractivity (Wildman–Crippen MR) is 131 cm³/mol. The number of piperidine rings is 1. The number of aromatic nitrogens is 1. The lowest BCUT2D eigenvalue weighted by molar-refractivity contribution is 0.286. The first-order chi connectivity index (χ1) is 16.8. The van der Waals surface area contributed by atoms with Crippen molar-refractivity contribution in [2.24, 2.45) is 0 Å². The first-order valence-corrected chi connectivity index (χ1v) is 12.7. The van der Waals surface area contributed by atoms with Gasteiger partial charge in [0.05, 0.1) is 11.2 Å². The van der Waals surface area contributed by atoms with Crippen LogP contribution in [0.4, 0.5) is 4.39 Å². The van der Waals surface area contributed by atoms with E-state index in [4.69, 9.17) is 13.7 Å². The number of halogens is 1. The largest absolute Gasteiger partial charge is 0.473 e. The Morgan fingerprint density at radius 1 is 1.11 bits per heavy atom. The lowest BCUT2D eigenvalue weighted by atomic mass is 9.94. The molecule has 0 atom stereocenters. The standard InChI is InChI=1S/C19H19FN2O2.C7H8O3S/c20-16-10-14-6-9-23-18(14)11-15(16)12-24-19-3-1-2-17(22-19)13-4-7-21-8-5-13;1-6-2-4-7(5-3-6)11(8,9)10/h1-3,6,9-11,13,21H,4-5,7-8,12H2;2-5H,1H3,(H,8,9,10). The number of fused-ring (bicyclic) bond motifs is 1. The molecule has 0 aliphatic carbocycles. The van der Waals surface area contributed by atoms with Crippen molar-refractivity contribution >= 4 is 21.1 Å². The minimum absolute atomic E-state index is 0.0666. The summed E-state index contributed by atoms with van der Waals surface area (Å²) in [4.78, 5) is 4.53. The van der Waals surface area contributed by atoms with Gasteiger partial charge in [-0.05, 0) is 69.3 Å². The van der Waals surface area contributed by atoms with Gasteiger partial charge in [-0.3, -0.25) is 4.55 Å². The van der Waals surface area contributed by atoms with Crippen LogP contribution in [0.3, 0.4) is 0 Å². The minimum Gasteiger partial charge on any atom is -0.473 e. The number of hydrogen-bond acceptors (Lipinski definition) is 6. The molecular weight excluding hydrogens is 471 g/mol. The fraction of sp³-hybridized carbons (Fsp3) is 0.269. The van der Waals surface area contributed by atoms with Crippen LogP contribution in [-0.4, -0.2) is 31.0 Å². The van der Waals surface area contributed by atoms with Crippen molar-refractivity contribution in [1.29, 1.82) is 0 Å². The Morgan fingerprint density at radius 2 is 1.86 bits per heavy atom. The molecule has 0 radical (unpaired) electrons. The summed E-state index contributed by atoms with van der Waals surface area (Å²) in [6.07, 6.45) is 3.72. The highest BCUT2D eigenvalue weighted by Crippen LogP contribution is 2.26. The number of ether oxygens (including phenoxy) is 1. The Bertz CT molecular complexity index is 1380. The molecule has 184 valence electrons. The van der Waals surface area contributed by atoms with Gasteiger partial charge in [0.25, 0.3) is 10.1 Å². The van der Waals surface area contributed by atoms with Crippen molar-refractivity contribution in [3.05, 3.63) is 89.6 Å². The lowest BCUT2D eigenvalue weighted by Crippen LogP contribution is -2.27. The third-order valence-electron chi connectivity index (χ3n) is 5.82. The molecule has 0 spiro atoms. The van der Waals surface area contributed by atoms with E-state index in [0.717, 1.165) is 42.6 Å². The Morgan fingerprint density at radius 3 is 2.57 bits per heavy atom. The van der Waals surface area contributed by atoms with E-state index in [1.807, 2.05) is 25.1 Å². The Hall–Kier alpha value is -3.27. The van der Waals surface area contributed by atoms with Crippen molar-refractivity contribution in [1.82, 2.24) is 10.3 Å². The minimum atomic E-state index is -4.02. The molecule has 2 aromatic heterocycles. The summed E-state index contributed by atoms with van der Waals surface area (Å²) in [7, 11) is -4.02. The number of rotatable bonds is 5. The SMILES string of the molecule is Cc1ccc(S(=O)(=O)O)cc1.Fc1cc2ccoc2cc1COc1cccc(C2CCNCC2)n1. The summed E-state index contributed by atoms with van der Waals surface area (Å²) in [5.41, 5.74) is 3.13. The van der Waals surface area contributed by atoms with Crippen LogP contribution in [0.5, 0.6) is 5.88 Å². The van der Waals surface area contributed by atoms with Crippen molar-refractivity contribution < 1.29 is 26.5 Å². The predicted octanol–water partition coefficient (Wildman–Crippen LogP) is 5.25. The van der Waals surface area contributed by atoms with E-state index in [9.17, 15) is 12.8 Å². The van der Waals surface area contributed by atoms with Gasteiger partial charge in [-0.2, -0.15) is 8.42 Å². The number of furan rings is 1. The summed E-state index contributed by atoms with van der Waals surface area (Å²) < 4.78 is 54.7. The Balaban J connectivity index is 0.000000221. The second kappa shape index (κ2) is 11.0. The summed E-state index contributed by atoms with van der Waals surface area (Å²) >= 11 is 0. The summed E-state index contributed by atoms with van der Waals surface area (Å²) in [6, 6.07) is 16.7. The summed E-state index contributed by atoms with van der Waals surface area (Å²) in [5, 5.41) is 4.11. The van der Waals surface area contributed by atoms with Gasteiger partial charge in [-0.15, -0.1) is 0 Å². The molecule has 2 aromatic carbocycles. The zero-order valence-electron chi connectivity index (χ0n) is 19.3. The van der Waals surface area contributed by atoms with E-state index in [-0.39, 0.29) is 17.3 Å². The van der Waals surface area contributed by atoms with Crippen LogP contribution in [0.2, 0.25) is 0 Å². The number of pyridine rings is 1. The van der Waals surface area contributed by atoms with Crippen molar-refractivity contribution in [3.63, 3.8) is 0 Å². The molecule has 0 saturated carbocycles. The van der Waals surface area contributed by atoms with Gasteiger partial charge < -0.3 is 14.5 Å². The van der Waals surface area contributed by atoms with E-state index >= 15 is 0 Å². The van der Waals surface area contributed by atoms with Crippen LogP contribution in [-0.2, 0) is 16.7 Å². The Kier molecular flexibility index (Phi) is 7.80. The Labute approximate surface area is 203 Å². The third-order valence-corrected chi connectivity index (χ3v) is 6.69. The molecule has 1 aliphatic rings. The number of nitrogens with one attached hydrogen (secondary N) is 1. The van der Waals surface area contributed by atoms with Crippen LogP contribution in [0.1, 0.15) is 35.6 Å². The molecule has 1 aliphatic heterocycles. The molecule has 0 unspecified atom stereocenters. The highest BCUT2D eigenvalue weighted by molar-refractivity contribution is 7.85. The van der Waals surface area contributed by atoms with Crippen LogP contribution in [0.15, 0.2) is 76.2 Å². The zero-order valence-corrected chi connectivity index (χ0v) is 20.1. The molecule has 0 bridgehead atoms. The zero-order chi connectivity index (χ0) is 24.8. The molecule has 7 nitrogen and oxygen atoms in total. The molecule has 35 heavy (non-hydrogen) atoms. The maximum atomic E-state index is 14.1. The highest BCUT2D eigenvalue weighted by atomic mass is 32.2. The van der Waals surface area contributed by atoms with Crippen LogP contribution >= 0.6 is 0 Å². The molecule has 0 amide bonds. The van der Waals surface area contributed by atoms with E-state index in [1.54, 1.807) is 30.5 Å². The van der Waals surface area contributed by atoms with Gasteiger partial charge in [-0.1, -0.05) is 23.8 Å². The maximum Gasteiger partial charge on any atom is 0.294 e. The molecule has 1 fully saturated rings.